The fourth-order valence-corrected chi connectivity index (χ4v) is 3.95. The second-order valence-corrected chi connectivity index (χ2v) is 7.48. The number of hydrogen-bond acceptors (Lipinski definition) is 3. The number of carbonyl (C=O) groups excluding carboxylic acids is 1. The molecule has 3 aromatic rings. The minimum Gasteiger partial charge on any atom is -0.478 e. The van der Waals surface area contributed by atoms with Crippen LogP contribution in [-0.4, -0.2) is 42.3 Å². The molecule has 5 heteroatoms. The summed E-state index contributed by atoms with van der Waals surface area (Å²) in [7, 11) is 1.69. The van der Waals surface area contributed by atoms with Crippen molar-refractivity contribution in [2.75, 3.05) is 20.2 Å². The Morgan fingerprint density at radius 3 is 2.20 bits per heavy atom. The van der Waals surface area contributed by atoms with Gasteiger partial charge >= 0.3 is 12.1 Å². The van der Waals surface area contributed by atoms with E-state index in [2.05, 4.69) is 24.3 Å². The zero-order valence-corrected chi connectivity index (χ0v) is 16.7. The van der Waals surface area contributed by atoms with Crippen molar-refractivity contribution in [3.05, 3.63) is 95.1 Å². The van der Waals surface area contributed by atoms with E-state index in [1.54, 1.807) is 25.2 Å². The Hall–Kier alpha value is -3.60. The number of rotatable bonds is 6. The molecule has 0 spiro atoms. The summed E-state index contributed by atoms with van der Waals surface area (Å²) in [5.41, 5.74) is 5.87. The van der Waals surface area contributed by atoms with E-state index in [-0.39, 0.29) is 24.2 Å². The van der Waals surface area contributed by atoms with E-state index in [9.17, 15) is 9.59 Å². The Kier molecular flexibility index (Phi) is 5.53. The van der Waals surface area contributed by atoms with Crippen LogP contribution in [0.4, 0.5) is 4.79 Å². The van der Waals surface area contributed by atoms with Gasteiger partial charge < -0.3 is 14.7 Å². The van der Waals surface area contributed by atoms with Crippen molar-refractivity contribution in [1.29, 1.82) is 0 Å². The van der Waals surface area contributed by atoms with Crippen molar-refractivity contribution in [1.82, 2.24) is 4.90 Å². The summed E-state index contributed by atoms with van der Waals surface area (Å²) >= 11 is 0. The summed E-state index contributed by atoms with van der Waals surface area (Å²) in [5, 5.41) is 9.10. The van der Waals surface area contributed by atoms with Crippen LogP contribution in [-0.2, 0) is 11.2 Å². The van der Waals surface area contributed by atoms with E-state index >= 15 is 0 Å². The average Bonchev–Trinajstić information content (AvgIpc) is 3.09. The van der Waals surface area contributed by atoms with Crippen molar-refractivity contribution in [3.8, 4) is 11.1 Å². The van der Waals surface area contributed by atoms with Gasteiger partial charge in [0, 0.05) is 19.5 Å². The molecule has 0 unspecified atom stereocenters. The molecule has 152 valence electrons. The van der Waals surface area contributed by atoms with Gasteiger partial charge in [-0.05, 0) is 46.4 Å². The first-order chi connectivity index (χ1) is 14.5. The van der Waals surface area contributed by atoms with Crippen LogP contribution in [0.2, 0.25) is 0 Å². The quantitative estimate of drug-likeness (QED) is 0.644. The largest absolute Gasteiger partial charge is 0.478 e. The summed E-state index contributed by atoms with van der Waals surface area (Å²) in [6.45, 7) is 0.728. The average molecular weight is 401 g/mol. The van der Waals surface area contributed by atoms with Gasteiger partial charge in [0.15, 0.2) is 0 Å². The summed E-state index contributed by atoms with van der Waals surface area (Å²) < 4.78 is 5.64. The summed E-state index contributed by atoms with van der Waals surface area (Å²) in [6.07, 6.45) is 0.174. The van der Waals surface area contributed by atoms with Gasteiger partial charge in [0.05, 0.1) is 5.56 Å². The molecule has 3 aromatic carbocycles. The zero-order valence-electron chi connectivity index (χ0n) is 16.7. The third-order valence-corrected chi connectivity index (χ3v) is 5.56. The lowest BCUT2D eigenvalue weighted by atomic mass is 9.98. The molecule has 0 radical (unpaired) electrons. The van der Waals surface area contributed by atoms with E-state index in [1.807, 2.05) is 30.3 Å². The number of amides is 1. The van der Waals surface area contributed by atoms with E-state index < -0.39 is 5.97 Å². The Morgan fingerprint density at radius 1 is 0.933 bits per heavy atom. The Labute approximate surface area is 175 Å². The van der Waals surface area contributed by atoms with Crippen LogP contribution < -0.4 is 0 Å². The van der Waals surface area contributed by atoms with Crippen LogP contribution in [0, 0.1) is 0 Å². The molecule has 1 aliphatic carbocycles. The number of nitrogens with zero attached hydrogens (tertiary/aromatic N) is 1. The molecule has 0 saturated heterocycles. The van der Waals surface area contributed by atoms with Crippen molar-refractivity contribution in [3.63, 3.8) is 0 Å². The van der Waals surface area contributed by atoms with Crippen LogP contribution in [0.1, 0.15) is 33.0 Å². The number of likely N-dealkylation sites (N-methyl/N-ethyl adjacent to an activating group) is 1. The third kappa shape index (κ3) is 3.92. The molecule has 1 amide bonds. The Morgan fingerprint density at radius 2 is 1.57 bits per heavy atom. The molecular weight excluding hydrogens is 378 g/mol. The molecule has 0 bridgehead atoms. The van der Waals surface area contributed by atoms with Gasteiger partial charge in [-0.25, -0.2) is 9.59 Å². The predicted molar refractivity (Wildman–Crippen MR) is 115 cm³/mol. The van der Waals surface area contributed by atoms with E-state index in [0.29, 0.717) is 13.0 Å². The molecule has 0 aromatic heterocycles. The molecule has 5 nitrogen and oxygen atoms in total. The maximum absolute atomic E-state index is 12.5. The number of fused-ring (bicyclic) bond motifs is 3. The molecular formula is C25H23NO4. The molecule has 1 aliphatic rings. The summed E-state index contributed by atoms with van der Waals surface area (Å²) in [5.74, 6) is -0.927. The maximum atomic E-state index is 12.5. The number of carboxylic acids is 1. The van der Waals surface area contributed by atoms with Crippen molar-refractivity contribution >= 4 is 12.1 Å². The molecule has 4 rings (SSSR count). The van der Waals surface area contributed by atoms with E-state index in [1.165, 1.54) is 27.2 Å². The fraction of sp³-hybridized carbons (Fsp3) is 0.200. The van der Waals surface area contributed by atoms with Gasteiger partial charge in [-0.15, -0.1) is 0 Å². The fourth-order valence-electron chi connectivity index (χ4n) is 3.95. The minimum atomic E-state index is -0.957. The van der Waals surface area contributed by atoms with Crippen LogP contribution in [0.5, 0.6) is 0 Å². The topological polar surface area (TPSA) is 66.8 Å². The number of carboxylic acid groups (broad SMARTS) is 1. The smallest absolute Gasteiger partial charge is 0.409 e. The number of carbonyl (C=O) groups is 2. The van der Waals surface area contributed by atoms with Crippen molar-refractivity contribution in [2.24, 2.45) is 0 Å². The lowest BCUT2D eigenvalue weighted by Gasteiger charge is -2.20. The zero-order chi connectivity index (χ0) is 21.1. The van der Waals surface area contributed by atoms with E-state index in [0.717, 1.165) is 5.56 Å². The highest BCUT2D eigenvalue weighted by Crippen LogP contribution is 2.44. The first-order valence-corrected chi connectivity index (χ1v) is 9.93. The standard InChI is InChI=1S/C25H23NO4/c1-26(14-13-17-7-6-8-18(15-17)24(27)28)25(29)30-16-23-21-11-4-2-9-19(21)20-10-3-5-12-22(20)23/h2-12,15,23H,13-14,16H2,1H3,(H,27,28). The van der Waals surface area contributed by atoms with Gasteiger partial charge in [-0.2, -0.15) is 0 Å². The monoisotopic (exact) mass is 401 g/mol. The molecule has 0 heterocycles. The lowest BCUT2D eigenvalue weighted by molar-refractivity contribution is 0.0696. The van der Waals surface area contributed by atoms with Gasteiger partial charge in [0.2, 0.25) is 0 Å². The molecule has 0 aliphatic heterocycles. The third-order valence-electron chi connectivity index (χ3n) is 5.56. The summed E-state index contributed by atoms with van der Waals surface area (Å²) in [4.78, 5) is 25.2. The first kappa shape index (κ1) is 19.7. The minimum absolute atomic E-state index is 0.0296. The molecule has 30 heavy (non-hydrogen) atoms. The maximum Gasteiger partial charge on any atom is 0.409 e. The van der Waals surface area contributed by atoms with Gasteiger partial charge in [-0.3, -0.25) is 0 Å². The number of hydrogen-bond donors (Lipinski definition) is 1. The molecule has 0 saturated carbocycles. The normalized spacial score (nSPS) is 12.2. The number of ether oxygens (including phenoxy) is 1. The second kappa shape index (κ2) is 8.41. The van der Waals surface area contributed by atoms with Crippen molar-refractivity contribution in [2.45, 2.75) is 12.3 Å². The highest BCUT2D eigenvalue weighted by Gasteiger charge is 2.29. The second-order valence-electron chi connectivity index (χ2n) is 7.48. The summed E-state index contributed by atoms with van der Waals surface area (Å²) in [6, 6.07) is 23.2. The number of aromatic carboxylic acids is 1. The van der Waals surface area contributed by atoms with Crippen molar-refractivity contribution < 1.29 is 19.4 Å². The van der Waals surface area contributed by atoms with E-state index in [4.69, 9.17) is 9.84 Å². The highest BCUT2D eigenvalue weighted by atomic mass is 16.6. The highest BCUT2D eigenvalue weighted by molar-refractivity contribution is 5.87. The van der Waals surface area contributed by atoms with Gasteiger partial charge in [0.1, 0.15) is 6.61 Å². The Bertz CT molecular complexity index is 1050. The first-order valence-electron chi connectivity index (χ1n) is 9.93. The number of benzene rings is 3. The molecule has 0 atom stereocenters. The Balaban J connectivity index is 1.38. The molecule has 0 fully saturated rings. The van der Waals surface area contributed by atoms with Crippen LogP contribution in [0.3, 0.4) is 0 Å². The van der Waals surface area contributed by atoms with Crippen LogP contribution in [0.25, 0.3) is 11.1 Å². The van der Waals surface area contributed by atoms with Gasteiger partial charge in [-0.1, -0.05) is 60.7 Å². The SMILES string of the molecule is CN(CCc1cccc(C(=O)O)c1)C(=O)OCC1c2ccccc2-c2ccccc21. The lowest BCUT2D eigenvalue weighted by Crippen LogP contribution is -2.30. The predicted octanol–water partition coefficient (Wildman–Crippen LogP) is 4.81. The van der Waals surface area contributed by atoms with Crippen LogP contribution in [0.15, 0.2) is 72.8 Å². The van der Waals surface area contributed by atoms with Gasteiger partial charge in [0.25, 0.3) is 0 Å². The molecule has 1 N–H and O–H groups in total. The van der Waals surface area contributed by atoms with Crippen LogP contribution >= 0.6 is 0 Å².